The van der Waals surface area contributed by atoms with Crippen LogP contribution in [0, 0.1) is 5.82 Å². The molecule has 0 saturated carbocycles. The van der Waals surface area contributed by atoms with Gasteiger partial charge in [-0.05, 0) is 53.9 Å². The first-order chi connectivity index (χ1) is 19.4. The fourth-order valence-corrected chi connectivity index (χ4v) is 5.29. The van der Waals surface area contributed by atoms with Gasteiger partial charge < -0.3 is 39.6 Å². The van der Waals surface area contributed by atoms with Gasteiger partial charge in [-0.15, -0.1) is 0 Å². The van der Waals surface area contributed by atoms with Crippen LogP contribution in [0.3, 0.4) is 0 Å². The number of hydrogen-bond donors (Lipinski definition) is 6. The first-order valence-electron chi connectivity index (χ1n) is 12.2. The number of pyridine rings is 1. The van der Waals surface area contributed by atoms with E-state index in [2.05, 4.69) is 10.6 Å². The Morgan fingerprint density at radius 1 is 1.05 bits per heavy atom. The standard InChI is InChI=1S/C26H22BFN3O9P/c28-18-12-14(7-8-20(18)41(37,38)39)22(30-24(32)16-9-11-31-10-2-1-6-19(16)31)25(33)29-21-13-15-4-3-5-17(26(34)35)23(15)40-27(21)36/h1-12,21-22,36H,13H2,(H,29,33)(H,30,32)(H,34,35)(H2,37,38,39)/t21-,22+/m0/s1. The van der Waals surface area contributed by atoms with Gasteiger partial charge in [0.05, 0.1) is 27.9 Å². The van der Waals surface area contributed by atoms with Gasteiger partial charge in [-0.25, -0.2) is 9.18 Å². The van der Waals surface area contributed by atoms with Crippen LogP contribution in [0.15, 0.2) is 73.1 Å². The monoisotopic (exact) mass is 581 g/mol. The molecule has 1 aliphatic rings. The molecule has 0 fully saturated rings. The summed E-state index contributed by atoms with van der Waals surface area (Å²) in [5.74, 6) is -5.27. The molecule has 6 N–H and O–H groups in total. The Labute approximate surface area is 231 Å². The summed E-state index contributed by atoms with van der Waals surface area (Å²) in [5.41, 5.74) is 0.824. The van der Waals surface area contributed by atoms with Crippen LogP contribution in [0.4, 0.5) is 4.39 Å². The van der Waals surface area contributed by atoms with Crippen molar-refractivity contribution in [2.75, 3.05) is 0 Å². The third-order valence-corrected chi connectivity index (χ3v) is 7.64. The highest BCUT2D eigenvalue weighted by Crippen LogP contribution is 2.35. The number of rotatable bonds is 7. The molecule has 3 heterocycles. The number of aromatic nitrogens is 1. The maximum atomic E-state index is 14.7. The van der Waals surface area contributed by atoms with Gasteiger partial charge in [0.25, 0.3) is 5.91 Å². The third-order valence-electron chi connectivity index (χ3n) is 6.65. The Bertz CT molecular complexity index is 1740. The summed E-state index contributed by atoms with van der Waals surface area (Å²) in [6.07, 6.45) is 3.32. The zero-order valence-corrected chi connectivity index (χ0v) is 21.9. The number of amides is 2. The van der Waals surface area contributed by atoms with Gasteiger partial charge in [0, 0.05) is 12.4 Å². The zero-order chi connectivity index (χ0) is 29.5. The summed E-state index contributed by atoms with van der Waals surface area (Å²) >= 11 is 0. The molecule has 0 aliphatic carbocycles. The molecule has 0 unspecified atom stereocenters. The van der Waals surface area contributed by atoms with Gasteiger partial charge in [-0.1, -0.05) is 24.3 Å². The van der Waals surface area contributed by atoms with Crippen molar-refractivity contribution in [3.8, 4) is 5.75 Å². The lowest BCUT2D eigenvalue weighted by atomic mass is 9.72. The minimum absolute atomic E-state index is 0.0281. The first kappa shape index (κ1) is 28.1. The second-order valence-electron chi connectivity index (χ2n) is 9.31. The minimum Gasteiger partial charge on any atom is -0.534 e. The number of aromatic carboxylic acids is 1. The van der Waals surface area contributed by atoms with Crippen molar-refractivity contribution in [3.05, 3.63) is 101 Å². The van der Waals surface area contributed by atoms with E-state index in [0.717, 1.165) is 18.2 Å². The SMILES string of the molecule is O=C(O)c1cccc2c1OB(O)[C@@H](NC(=O)[C@H](NC(=O)c1ccn3ccccc13)c1ccc(P(=O)(O)O)c(F)c1)C2. The van der Waals surface area contributed by atoms with Crippen molar-refractivity contribution in [2.45, 2.75) is 18.4 Å². The number of para-hydroxylation sites is 1. The molecule has 5 rings (SSSR count). The van der Waals surface area contributed by atoms with Crippen molar-refractivity contribution in [3.63, 3.8) is 0 Å². The molecule has 0 saturated heterocycles. The molecule has 2 amide bonds. The van der Waals surface area contributed by atoms with Crippen LogP contribution in [0.1, 0.15) is 37.9 Å². The Morgan fingerprint density at radius 2 is 1.83 bits per heavy atom. The second-order valence-corrected chi connectivity index (χ2v) is 10.9. The number of nitrogens with zero attached hydrogens (tertiary/aromatic N) is 1. The van der Waals surface area contributed by atoms with Crippen molar-refractivity contribution in [1.29, 1.82) is 0 Å². The number of carboxylic acids is 1. The lowest BCUT2D eigenvalue weighted by Crippen LogP contribution is -2.55. The van der Waals surface area contributed by atoms with Crippen LogP contribution in [-0.2, 0) is 15.8 Å². The molecule has 12 nitrogen and oxygen atoms in total. The summed E-state index contributed by atoms with van der Waals surface area (Å²) in [6.45, 7) is 0. The highest BCUT2D eigenvalue weighted by atomic mass is 31.2. The average Bonchev–Trinajstić information content (AvgIpc) is 3.35. The lowest BCUT2D eigenvalue weighted by molar-refractivity contribution is -0.123. The minimum atomic E-state index is -4.96. The number of hydrogen-bond acceptors (Lipinski definition) is 6. The van der Waals surface area contributed by atoms with E-state index >= 15 is 0 Å². The number of carboxylic acid groups (broad SMARTS) is 1. The largest absolute Gasteiger partial charge is 0.547 e. The lowest BCUT2D eigenvalue weighted by Gasteiger charge is -2.30. The quantitative estimate of drug-likeness (QED) is 0.138. The molecule has 2 aromatic heterocycles. The van der Waals surface area contributed by atoms with E-state index in [1.807, 2.05) is 0 Å². The topological polar surface area (TPSA) is 187 Å². The molecule has 0 radical (unpaired) electrons. The summed E-state index contributed by atoms with van der Waals surface area (Å²) in [5, 5.41) is 24.2. The number of carbonyl (C=O) groups excluding carboxylic acids is 2. The fraction of sp³-hybridized carbons (Fsp3) is 0.115. The van der Waals surface area contributed by atoms with Crippen molar-refractivity contribution < 1.29 is 47.9 Å². The molecule has 2 aromatic carbocycles. The third kappa shape index (κ3) is 5.58. The number of fused-ring (bicyclic) bond motifs is 2. The van der Waals surface area contributed by atoms with Crippen LogP contribution >= 0.6 is 7.60 Å². The van der Waals surface area contributed by atoms with Crippen molar-refractivity contribution in [1.82, 2.24) is 15.0 Å². The molecule has 0 bridgehead atoms. The molecule has 4 aromatic rings. The van der Waals surface area contributed by atoms with Gasteiger partial charge in [-0.2, -0.15) is 0 Å². The average molecular weight is 581 g/mol. The Kier molecular flexibility index (Phi) is 7.41. The van der Waals surface area contributed by atoms with Crippen LogP contribution in [0.5, 0.6) is 5.75 Å². The molecule has 210 valence electrons. The highest BCUT2D eigenvalue weighted by Gasteiger charge is 2.39. The first-order valence-corrected chi connectivity index (χ1v) is 13.8. The second kappa shape index (κ2) is 10.8. The number of benzene rings is 2. The van der Waals surface area contributed by atoms with E-state index in [-0.39, 0.29) is 28.9 Å². The molecule has 41 heavy (non-hydrogen) atoms. The molecule has 0 spiro atoms. The smallest absolute Gasteiger partial charge is 0.534 e. The molecule has 1 aliphatic heterocycles. The van der Waals surface area contributed by atoms with Crippen LogP contribution < -0.4 is 20.6 Å². The number of carbonyl (C=O) groups is 3. The van der Waals surface area contributed by atoms with Gasteiger partial charge >= 0.3 is 20.7 Å². The summed E-state index contributed by atoms with van der Waals surface area (Å²) in [6, 6.07) is 12.1. The summed E-state index contributed by atoms with van der Waals surface area (Å²) < 4.78 is 33.4. The van der Waals surface area contributed by atoms with Crippen LogP contribution in [-0.4, -0.2) is 55.2 Å². The van der Waals surface area contributed by atoms with Gasteiger partial charge in [-0.3, -0.25) is 14.2 Å². The fourth-order valence-electron chi connectivity index (χ4n) is 4.68. The Balaban J connectivity index is 1.46. The van der Waals surface area contributed by atoms with Crippen molar-refractivity contribution in [2.24, 2.45) is 0 Å². The predicted molar refractivity (Wildman–Crippen MR) is 143 cm³/mol. The Morgan fingerprint density at radius 3 is 2.54 bits per heavy atom. The normalized spacial score (nSPS) is 15.5. The summed E-state index contributed by atoms with van der Waals surface area (Å²) in [4.78, 5) is 57.2. The van der Waals surface area contributed by atoms with Gasteiger partial charge in [0.2, 0.25) is 5.91 Å². The van der Waals surface area contributed by atoms with E-state index in [1.54, 1.807) is 41.1 Å². The van der Waals surface area contributed by atoms with E-state index in [0.29, 0.717) is 11.1 Å². The van der Waals surface area contributed by atoms with Crippen molar-refractivity contribution >= 4 is 43.3 Å². The maximum Gasteiger partial charge on any atom is 0.547 e. The molecule has 15 heteroatoms. The summed E-state index contributed by atoms with van der Waals surface area (Å²) in [7, 11) is -6.62. The van der Waals surface area contributed by atoms with Crippen LogP contribution in [0.25, 0.3) is 5.52 Å². The molecular formula is C26H22BFN3O9P. The van der Waals surface area contributed by atoms with E-state index in [1.165, 1.54) is 18.2 Å². The number of nitrogens with one attached hydrogen (secondary N) is 2. The highest BCUT2D eigenvalue weighted by molar-refractivity contribution is 7.60. The van der Waals surface area contributed by atoms with E-state index in [9.17, 15) is 43.3 Å². The van der Waals surface area contributed by atoms with Gasteiger partial charge in [0.15, 0.2) is 0 Å². The Hall–Kier alpha value is -4.49. The van der Waals surface area contributed by atoms with Crippen LogP contribution in [0.2, 0.25) is 0 Å². The number of halogens is 1. The molecular weight excluding hydrogens is 559 g/mol. The predicted octanol–water partition coefficient (Wildman–Crippen LogP) is 1.19. The van der Waals surface area contributed by atoms with E-state index < -0.39 is 55.6 Å². The maximum absolute atomic E-state index is 14.7. The zero-order valence-electron chi connectivity index (χ0n) is 21.0. The van der Waals surface area contributed by atoms with E-state index in [4.69, 9.17) is 4.65 Å². The van der Waals surface area contributed by atoms with Gasteiger partial charge in [0.1, 0.15) is 17.6 Å². The molecule has 2 atom stereocenters.